The molecule has 2 rings (SSSR count). The predicted octanol–water partition coefficient (Wildman–Crippen LogP) is 5.00. The van der Waals surface area contributed by atoms with E-state index in [1.54, 1.807) is 0 Å². The lowest BCUT2D eigenvalue weighted by Gasteiger charge is -2.28. The van der Waals surface area contributed by atoms with Crippen LogP contribution in [0.4, 0.5) is 0 Å². The van der Waals surface area contributed by atoms with Gasteiger partial charge in [0.1, 0.15) is 0 Å². The van der Waals surface area contributed by atoms with Crippen molar-refractivity contribution < 1.29 is 0 Å². The molecule has 0 aliphatic rings. The highest BCUT2D eigenvalue weighted by Gasteiger charge is 2.18. The van der Waals surface area contributed by atoms with Gasteiger partial charge in [0.05, 0.1) is 0 Å². The second-order valence-corrected chi connectivity index (χ2v) is 7.20. The molecule has 0 bridgehead atoms. The van der Waals surface area contributed by atoms with Gasteiger partial charge in [-0.25, -0.2) is 0 Å². The standard InChI is InChI=1S/C16H17Br2ClN2/c1-21(10-11-3-2-4-12(17)7-11)16(9-20)14-8-13(18)5-6-15(14)19/h2-8,16H,9-10,20H2,1H3. The van der Waals surface area contributed by atoms with Crippen LogP contribution in [0.15, 0.2) is 51.4 Å². The van der Waals surface area contributed by atoms with Gasteiger partial charge < -0.3 is 5.73 Å². The van der Waals surface area contributed by atoms with Gasteiger partial charge >= 0.3 is 0 Å². The third-order valence-corrected chi connectivity index (χ3v) is 4.72. The highest BCUT2D eigenvalue weighted by Crippen LogP contribution is 2.30. The molecule has 0 heterocycles. The molecule has 21 heavy (non-hydrogen) atoms. The Kier molecular flexibility index (Phi) is 6.26. The summed E-state index contributed by atoms with van der Waals surface area (Å²) < 4.78 is 2.09. The van der Waals surface area contributed by atoms with E-state index in [0.29, 0.717) is 6.54 Å². The molecule has 2 aromatic carbocycles. The molecule has 0 saturated carbocycles. The molecular weight excluding hydrogens is 415 g/mol. The van der Waals surface area contributed by atoms with Crippen LogP contribution in [-0.4, -0.2) is 18.5 Å². The van der Waals surface area contributed by atoms with Crippen LogP contribution in [0.3, 0.4) is 0 Å². The molecule has 0 aromatic heterocycles. The van der Waals surface area contributed by atoms with Gasteiger partial charge in [-0.15, -0.1) is 0 Å². The van der Waals surface area contributed by atoms with Crippen molar-refractivity contribution in [1.82, 2.24) is 4.90 Å². The number of benzene rings is 2. The first kappa shape index (κ1) is 17.0. The van der Waals surface area contributed by atoms with E-state index in [0.717, 1.165) is 26.1 Å². The Hall–Kier alpha value is -0.390. The van der Waals surface area contributed by atoms with E-state index in [9.17, 15) is 0 Å². The van der Waals surface area contributed by atoms with Crippen molar-refractivity contribution in [3.05, 3.63) is 67.6 Å². The maximum atomic E-state index is 6.33. The van der Waals surface area contributed by atoms with E-state index in [-0.39, 0.29) is 6.04 Å². The quantitative estimate of drug-likeness (QED) is 0.721. The Morgan fingerprint density at radius 2 is 1.86 bits per heavy atom. The molecule has 0 aliphatic carbocycles. The Morgan fingerprint density at radius 1 is 1.14 bits per heavy atom. The molecule has 2 N–H and O–H groups in total. The van der Waals surface area contributed by atoms with E-state index < -0.39 is 0 Å². The zero-order chi connectivity index (χ0) is 15.4. The number of hydrogen-bond acceptors (Lipinski definition) is 2. The van der Waals surface area contributed by atoms with Gasteiger partial charge in [0.2, 0.25) is 0 Å². The third-order valence-electron chi connectivity index (χ3n) is 3.39. The molecular formula is C16H17Br2ClN2. The number of nitrogens with two attached hydrogens (primary N) is 1. The summed E-state index contributed by atoms with van der Waals surface area (Å²) in [7, 11) is 2.07. The minimum absolute atomic E-state index is 0.0778. The summed E-state index contributed by atoms with van der Waals surface area (Å²) in [4.78, 5) is 2.22. The molecule has 0 aliphatic heterocycles. The molecule has 0 fully saturated rings. The third kappa shape index (κ3) is 4.54. The van der Waals surface area contributed by atoms with Crippen LogP contribution in [0.25, 0.3) is 0 Å². The lowest BCUT2D eigenvalue weighted by molar-refractivity contribution is 0.242. The molecule has 0 saturated heterocycles. The molecule has 112 valence electrons. The highest BCUT2D eigenvalue weighted by molar-refractivity contribution is 9.10. The van der Waals surface area contributed by atoms with Crippen LogP contribution in [-0.2, 0) is 6.54 Å². The first-order valence-corrected chi connectivity index (χ1v) is 8.57. The van der Waals surface area contributed by atoms with Crippen LogP contribution >= 0.6 is 43.5 Å². The van der Waals surface area contributed by atoms with Gasteiger partial charge in [-0.2, -0.15) is 0 Å². The zero-order valence-corrected chi connectivity index (χ0v) is 15.6. The number of likely N-dealkylation sites (N-methyl/N-ethyl adjacent to an activating group) is 1. The Balaban J connectivity index is 2.22. The lowest BCUT2D eigenvalue weighted by atomic mass is 10.0. The maximum absolute atomic E-state index is 6.33. The van der Waals surface area contributed by atoms with E-state index in [2.05, 4.69) is 55.9 Å². The summed E-state index contributed by atoms with van der Waals surface area (Å²) in [5, 5.41) is 0.745. The van der Waals surface area contributed by atoms with Gasteiger partial charge in [0, 0.05) is 33.1 Å². The number of rotatable bonds is 5. The molecule has 0 radical (unpaired) electrons. The SMILES string of the molecule is CN(Cc1cccc(Br)c1)C(CN)c1cc(Br)ccc1Cl. The lowest BCUT2D eigenvalue weighted by Crippen LogP contribution is -2.30. The first-order valence-electron chi connectivity index (χ1n) is 6.61. The minimum Gasteiger partial charge on any atom is -0.329 e. The summed E-state index contributed by atoms with van der Waals surface area (Å²) in [6, 6.07) is 14.2. The number of halogens is 3. The van der Waals surface area contributed by atoms with Crippen LogP contribution < -0.4 is 5.73 Å². The maximum Gasteiger partial charge on any atom is 0.0486 e. The molecule has 0 spiro atoms. The minimum atomic E-state index is 0.0778. The van der Waals surface area contributed by atoms with Gasteiger partial charge in [-0.05, 0) is 48.5 Å². The summed E-state index contributed by atoms with van der Waals surface area (Å²) in [6.45, 7) is 1.32. The Bertz CT molecular complexity index is 619. The van der Waals surface area contributed by atoms with E-state index in [1.807, 2.05) is 30.3 Å². The second kappa shape index (κ2) is 7.75. The Morgan fingerprint density at radius 3 is 2.52 bits per heavy atom. The smallest absolute Gasteiger partial charge is 0.0486 e. The first-order chi connectivity index (χ1) is 10.0. The Labute approximate surface area is 147 Å². The van der Waals surface area contributed by atoms with Gasteiger partial charge in [0.15, 0.2) is 0 Å². The molecule has 0 amide bonds. The average molecular weight is 433 g/mol. The van der Waals surface area contributed by atoms with E-state index in [4.69, 9.17) is 17.3 Å². The van der Waals surface area contributed by atoms with Crippen molar-refractivity contribution in [2.45, 2.75) is 12.6 Å². The summed E-state index contributed by atoms with van der Waals surface area (Å²) in [5.41, 5.74) is 8.26. The van der Waals surface area contributed by atoms with Crippen molar-refractivity contribution in [3.63, 3.8) is 0 Å². The van der Waals surface area contributed by atoms with Crippen LogP contribution in [0.1, 0.15) is 17.2 Å². The van der Waals surface area contributed by atoms with Crippen LogP contribution in [0.2, 0.25) is 5.02 Å². The monoisotopic (exact) mass is 430 g/mol. The van der Waals surface area contributed by atoms with E-state index >= 15 is 0 Å². The van der Waals surface area contributed by atoms with Gasteiger partial charge in [-0.1, -0.05) is 55.6 Å². The molecule has 2 nitrogen and oxygen atoms in total. The highest BCUT2D eigenvalue weighted by atomic mass is 79.9. The topological polar surface area (TPSA) is 29.3 Å². The largest absolute Gasteiger partial charge is 0.329 e. The fraction of sp³-hybridized carbons (Fsp3) is 0.250. The normalized spacial score (nSPS) is 12.7. The molecule has 5 heteroatoms. The van der Waals surface area contributed by atoms with Crippen LogP contribution in [0, 0.1) is 0 Å². The summed E-state index contributed by atoms with van der Waals surface area (Å²) in [5.74, 6) is 0. The summed E-state index contributed by atoms with van der Waals surface area (Å²) >= 11 is 13.3. The molecule has 2 aromatic rings. The van der Waals surface area contributed by atoms with Crippen molar-refractivity contribution in [2.24, 2.45) is 5.73 Å². The fourth-order valence-electron chi connectivity index (χ4n) is 2.35. The van der Waals surface area contributed by atoms with Gasteiger partial charge in [-0.3, -0.25) is 4.90 Å². The zero-order valence-electron chi connectivity index (χ0n) is 11.7. The van der Waals surface area contributed by atoms with Crippen LogP contribution in [0.5, 0.6) is 0 Å². The summed E-state index contributed by atoms with van der Waals surface area (Å²) in [6.07, 6.45) is 0. The van der Waals surface area contributed by atoms with Crippen molar-refractivity contribution in [3.8, 4) is 0 Å². The van der Waals surface area contributed by atoms with E-state index in [1.165, 1.54) is 5.56 Å². The molecule has 1 atom stereocenters. The number of nitrogens with zero attached hydrogens (tertiary/aromatic N) is 1. The van der Waals surface area contributed by atoms with Gasteiger partial charge in [0.25, 0.3) is 0 Å². The average Bonchev–Trinajstić information content (AvgIpc) is 2.43. The second-order valence-electron chi connectivity index (χ2n) is 4.96. The van der Waals surface area contributed by atoms with Crippen molar-refractivity contribution in [1.29, 1.82) is 0 Å². The number of hydrogen-bond donors (Lipinski definition) is 1. The van der Waals surface area contributed by atoms with Crippen molar-refractivity contribution in [2.75, 3.05) is 13.6 Å². The van der Waals surface area contributed by atoms with Crippen molar-refractivity contribution >= 4 is 43.5 Å². The predicted molar refractivity (Wildman–Crippen MR) is 96.6 cm³/mol. The molecule has 1 unspecified atom stereocenters. The fourth-order valence-corrected chi connectivity index (χ4v) is 3.42.